The van der Waals surface area contributed by atoms with Crippen LogP contribution in [0.25, 0.3) is 0 Å². The summed E-state index contributed by atoms with van der Waals surface area (Å²) in [6.07, 6.45) is -0.283. The first-order valence-corrected chi connectivity index (χ1v) is 5.54. The van der Waals surface area contributed by atoms with E-state index in [1.165, 1.54) is 13.1 Å². The zero-order valence-electron chi connectivity index (χ0n) is 10.4. The second kappa shape index (κ2) is 6.24. The van der Waals surface area contributed by atoms with Crippen LogP contribution in [0.5, 0.6) is 0 Å². The number of nitrogens with two attached hydrogens (primary N) is 2. The Morgan fingerprint density at radius 2 is 2.00 bits per heavy atom. The minimum Gasteiger partial charge on any atom is -0.370 e. The third kappa shape index (κ3) is 4.29. The molecule has 0 saturated heterocycles. The Bertz CT molecular complexity index is 494. The summed E-state index contributed by atoms with van der Waals surface area (Å²) in [5.41, 5.74) is 10.6. The van der Waals surface area contributed by atoms with Gasteiger partial charge in [0.15, 0.2) is 0 Å². The van der Waals surface area contributed by atoms with Crippen molar-refractivity contribution in [2.45, 2.75) is 19.0 Å². The Balaban J connectivity index is 2.70. The third-order valence-electron chi connectivity index (χ3n) is 2.54. The summed E-state index contributed by atoms with van der Waals surface area (Å²) in [6.45, 7) is -0.0720. The zero-order valence-corrected chi connectivity index (χ0v) is 10.4. The van der Waals surface area contributed by atoms with Gasteiger partial charge in [-0.3, -0.25) is 9.59 Å². The van der Waals surface area contributed by atoms with Crippen LogP contribution in [0.15, 0.2) is 18.2 Å². The fourth-order valence-corrected chi connectivity index (χ4v) is 1.57. The minimum atomic E-state index is -1.06. The minimum absolute atomic E-state index is 0.0720. The Labute approximate surface area is 109 Å². The number of hydrogen-bond acceptors (Lipinski definition) is 3. The molecule has 1 atom stereocenters. The number of likely N-dealkylation sites (N-methyl/N-ethyl adjacent to an activating group) is 1. The number of hydrogen-bond donors (Lipinski definition) is 2. The van der Waals surface area contributed by atoms with Gasteiger partial charge < -0.3 is 16.4 Å². The first-order valence-electron chi connectivity index (χ1n) is 5.54. The summed E-state index contributed by atoms with van der Waals surface area (Å²) in [5.74, 6) is -2.67. The maximum absolute atomic E-state index is 13.4. The smallest absolute Gasteiger partial charge is 0.240 e. The van der Waals surface area contributed by atoms with Crippen molar-refractivity contribution in [1.29, 1.82) is 0 Å². The van der Waals surface area contributed by atoms with Crippen molar-refractivity contribution in [2.75, 3.05) is 7.05 Å². The lowest BCUT2D eigenvalue weighted by atomic mass is 10.1. The van der Waals surface area contributed by atoms with Gasteiger partial charge in [0.2, 0.25) is 11.8 Å². The summed E-state index contributed by atoms with van der Waals surface area (Å²) in [5, 5.41) is 0. The molecule has 0 spiro atoms. The Morgan fingerprint density at radius 3 is 2.53 bits per heavy atom. The van der Waals surface area contributed by atoms with Crippen molar-refractivity contribution >= 4 is 11.8 Å². The zero-order chi connectivity index (χ0) is 14.6. The molecule has 4 N–H and O–H groups in total. The molecular formula is C12H15F2N3O2. The predicted octanol–water partition coefficient (Wildman–Crippen LogP) is 0.126. The summed E-state index contributed by atoms with van der Waals surface area (Å²) in [4.78, 5) is 23.6. The molecule has 0 aliphatic carbocycles. The molecule has 1 unspecified atom stereocenters. The highest BCUT2D eigenvalue weighted by Crippen LogP contribution is 2.12. The van der Waals surface area contributed by atoms with Gasteiger partial charge >= 0.3 is 0 Å². The van der Waals surface area contributed by atoms with E-state index in [1.807, 2.05) is 0 Å². The topological polar surface area (TPSA) is 89.4 Å². The van der Waals surface area contributed by atoms with Crippen LogP contribution in [0.4, 0.5) is 8.78 Å². The Kier molecular flexibility index (Phi) is 4.94. The lowest BCUT2D eigenvalue weighted by molar-refractivity contribution is -0.134. The summed E-state index contributed by atoms with van der Waals surface area (Å²) in [6, 6.07) is 2.01. The number of carbonyl (C=O) groups excluding carboxylic acids is 2. The normalized spacial score (nSPS) is 12.0. The van der Waals surface area contributed by atoms with E-state index in [-0.39, 0.29) is 18.5 Å². The van der Waals surface area contributed by atoms with Crippen molar-refractivity contribution in [3.63, 3.8) is 0 Å². The summed E-state index contributed by atoms with van der Waals surface area (Å²) in [7, 11) is 1.41. The van der Waals surface area contributed by atoms with Gasteiger partial charge in [-0.1, -0.05) is 6.07 Å². The van der Waals surface area contributed by atoms with Crippen LogP contribution in [0.3, 0.4) is 0 Å². The van der Waals surface area contributed by atoms with Crippen molar-refractivity contribution in [1.82, 2.24) is 4.90 Å². The van der Waals surface area contributed by atoms with Gasteiger partial charge in [0.25, 0.3) is 0 Å². The molecule has 0 heterocycles. The molecule has 0 bridgehead atoms. The highest BCUT2D eigenvalue weighted by atomic mass is 19.1. The van der Waals surface area contributed by atoms with Gasteiger partial charge in [0.05, 0.1) is 12.5 Å². The van der Waals surface area contributed by atoms with Crippen LogP contribution < -0.4 is 11.5 Å². The largest absolute Gasteiger partial charge is 0.370 e. The summed E-state index contributed by atoms with van der Waals surface area (Å²) < 4.78 is 26.1. The molecule has 0 saturated carbocycles. The van der Waals surface area contributed by atoms with Crippen LogP contribution >= 0.6 is 0 Å². The van der Waals surface area contributed by atoms with Crippen molar-refractivity contribution in [3.05, 3.63) is 35.4 Å². The fraction of sp³-hybridized carbons (Fsp3) is 0.333. The molecule has 1 aromatic rings. The SMILES string of the molecule is CN(Cc1ccc(F)cc1F)C(=O)C(N)CC(N)=O. The molecule has 0 fully saturated rings. The average Bonchev–Trinajstić information content (AvgIpc) is 2.30. The van der Waals surface area contributed by atoms with E-state index < -0.39 is 29.5 Å². The lowest BCUT2D eigenvalue weighted by Crippen LogP contribution is -2.43. The van der Waals surface area contributed by atoms with Crippen LogP contribution in [-0.4, -0.2) is 29.8 Å². The molecule has 7 heteroatoms. The number of carbonyl (C=O) groups is 2. The van der Waals surface area contributed by atoms with E-state index in [4.69, 9.17) is 11.5 Å². The number of benzene rings is 1. The number of halogens is 2. The quantitative estimate of drug-likeness (QED) is 0.797. The average molecular weight is 271 g/mol. The van der Waals surface area contributed by atoms with Gasteiger partial charge in [0, 0.05) is 25.2 Å². The van der Waals surface area contributed by atoms with Gasteiger partial charge in [-0.2, -0.15) is 0 Å². The Hall–Kier alpha value is -2.02. The third-order valence-corrected chi connectivity index (χ3v) is 2.54. The molecule has 0 aliphatic rings. The lowest BCUT2D eigenvalue weighted by Gasteiger charge is -2.21. The van der Waals surface area contributed by atoms with Gasteiger partial charge in [0.1, 0.15) is 11.6 Å². The number of nitrogens with zero attached hydrogens (tertiary/aromatic N) is 1. The van der Waals surface area contributed by atoms with Gasteiger partial charge in [-0.15, -0.1) is 0 Å². The maximum atomic E-state index is 13.4. The van der Waals surface area contributed by atoms with Gasteiger partial charge in [-0.05, 0) is 6.07 Å². The highest BCUT2D eigenvalue weighted by Gasteiger charge is 2.20. The first kappa shape index (κ1) is 15.0. The standard InChI is InChI=1S/C12H15F2N3O2/c1-17(12(19)10(15)5-11(16)18)6-7-2-3-8(13)4-9(7)14/h2-4,10H,5-6,15H2,1H3,(H2,16,18). The monoisotopic (exact) mass is 271 g/mol. The van der Waals surface area contributed by atoms with E-state index in [0.29, 0.717) is 0 Å². The second-order valence-corrected chi connectivity index (χ2v) is 4.21. The molecule has 19 heavy (non-hydrogen) atoms. The number of primary amides is 1. The second-order valence-electron chi connectivity index (χ2n) is 4.21. The predicted molar refractivity (Wildman–Crippen MR) is 64.6 cm³/mol. The molecule has 2 amide bonds. The molecule has 1 rings (SSSR count). The van der Waals surface area contributed by atoms with E-state index in [9.17, 15) is 18.4 Å². The Morgan fingerprint density at radius 1 is 1.37 bits per heavy atom. The fourth-order valence-electron chi connectivity index (χ4n) is 1.57. The van der Waals surface area contributed by atoms with E-state index in [2.05, 4.69) is 0 Å². The van der Waals surface area contributed by atoms with Crippen LogP contribution in [0, 0.1) is 11.6 Å². The van der Waals surface area contributed by atoms with Crippen molar-refractivity contribution < 1.29 is 18.4 Å². The molecule has 0 aliphatic heterocycles. The van der Waals surface area contributed by atoms with Crippen LogP contribution in [-0.2, 0) is 16.1 Å². The first-order chi connectivity index (χ1) is 8.81. The number of amides is 2. The van der Waals surface area contributed by atoms with E-state index in [0.717, 1.165) is 17.0 Å². The van der Waals surface area contributed by atoms with E-state index >= 15 is 0 Å². The van der Waals surface area contributed by atoms with E-state index in [1.54, 1.807) is 0 Å². The molecule has 1 aromatic carbocycles. The van der Waals surface area contributed by atoms with Crippen molar-refractivity contribution in [2.24, 2.45) is 11.5 Å². The molecule has 5 nitrogen and oxygen atoms in total. The van der Waals surface area contributed by atoms with Crippen LogP contribution in [0.1, 0.15) is 12.0 Å². The summed E-state index contributed by atoms with van der Waals surface area (Å²) >= 11 is 0. The molecule has 0 radical (unpaired) electrons. The van der Waals surface area contributed by atoms with Crippen molar-refractivity contribution in [3.8, 4) is 0 Å². The molecule has 0 aromatic heterocycles. The van der Waals surface area contributed by atoms with Gasteiger partial charge in [-0.25, -0.2) is 8.78 Å². The number of rotatable bonds is 5. The highest BCUT2D eigenvalue weighted by molar-refractivity contribution is 5.87. The molecular weight excluding hydrogens is 256 g/mol. The van der Waals surface area contributed by atoms with Crippen LogP contribution in [0.2, 0.25) is 0 Å². The molecule has 104 valence electrons. The maximum Gasteiger partial charge on any atom is 0.240 e.